The number of hydrogen-bond donors (Lipinski definition) is 1. The maximum atomic E-state index is 9.90. The van der Waals surface area contributed by atoms with Gasteiger partial charge in [-0.3, -0.25) is 0 Å². The highest BCUT2D eigenvalue weighted by molar-refractivity contribution is 5.38. The molecular formula is C13H18O. The van der Waals surface area contributed by atoms with Crippen molar-refractivity contribution in [2.45, 2.75) is 45.1 Å². The molecule has 1 N–H and O–H groups in total. The van der Waals surface area contributed by atoms with Gasteiger partial charge in [0.15, 0.2) is 0 Å². The second-order valence-electron chi connectivity index (χ2n) is 4.32. The van der Waals surface area contributed by atoms with E-state index in [-0.39, 0.29) is 6.10 Å². The summed E-state index contributed by atoms with van der Waals surface area (Å²) in [6, 6.07) is 6.62. The summed E-state index contributed by atoms with van der Waals surface area (Å²) in [6.07, 6.45) is 2.96. The molecule has 0 saturated carbocycles. The molecule has 1 nitrogen and oxygen atoms in total. The van der Waals surface area contributed by atoms with Gasteiger partial charge in [-0.2, -0.15) is 0 Å². The molecule has 14 heavy (non-hydrogen) atoms. The predicted molar refractivity (Wildman–Crippen MR) is 58.5 cm³/mol. The Kier molecular flexibility index (Phi) is 2.60. The molecule has 1 aliphatic carbocycles. The summed E-state index contributed by atoms with van der Waals surface area (Å²) in [5.41, 5.74) is 4.13. The number of benzene rings is 1. The second kappa shape index (κ2) is 3.74. The number of hydrogen-bond acceptors (Lipinski definition) is 1. The van der Waals surface area contributed by atoms with E-state index >= 15 is 0 Å². The summed E-state index contributed by atoms with van der Waals surface area (Å²) in [5.74, 6) is 0.384. The third-order valence-corrected chi connectivity index (χ3v) is 3.31. The molecule has 0 heterocycles. The normalized spacial score (nSPS) is 22.1. The van der Waals surface area contributed by atoms with Crippen molar-refractivity contribution in [2.75, 3.05) is 0 Å². The molecule has 0 bridgehead atoms. The molecule has 0 fully saturated rings. The first kappa shape index (κ1) is 9.72. The fraction of sp³-hybridized carbons (Fsp3) is 0.538. The van der Waals surface area contributed by atoms with Crippen molar-refractivity contribution in [3.8, 4) is 0 Å². The van der Waals surface area contributed by atoms with Crippen LogP contribution in [0.2, 0.25) is 0 Å². The molecule has 76 valence electrons. The van der Waals surface area contributed by atoms with Crippen molar-refractivity contribution >= 4 is 0 Å². The Hall–Kier alpha value is -0.820. The Morgan fingerprint density at radius 1 is 1.50 bits per heavy atom. The smallest absolute Gasteiger partial charge is 0.0606 e. The molecule has 1 aliphatic rings. The van der Waals surface area contributed by atoms with E-state index in [0.717, 1.165) is 19.3 Å². The van der Waals surface area contributed by atoms with Crippen LogP contribution in [-0.4, -0.2) is 11.2 Å². The summed E-state index contributed by atoms with van der Waals surface area (Å²) in [7, 11) is 0. The molecule has 1 aromatic carbocycles. The van der Waals surface area contributed by atoms with Crippen LogP contribution in [0, 0.1) is 6.92 Å². The van der Waals surface area contributed by atoms with E-state index in [1.54, 1.807) is 0 Å². The zero-order valence-corrected chi connectivity index (χ0v) is 8.96. The minimum atomic E-state index is -0.155. The topological polar surface area (TPSA) is 20.2 Å². The molecule has 0 spiro atoms. The first-order valence-corrected chi connectivity index (χ1v) is 5.50. The number of aliphatic hydroxyl groups is 1. The first-order valence-electron chi connectivity index (χ1n) is 5.50. The van der Waals surface area contributed by atoms with Crippen molar-refractivity contribution < 1.29 is 5.11 Å². The van der Waals surface area contributed by atoms with E-state index < -0.39 is 0 Å². The van der Waals surface area contributed by atoms with Gasteiger partial charge in [0.05, 0.1) is 6.10 Å². The van der Waals surface area contributed by atoms with Gasteiger partial charge >= 0.3 is 0 Å². The lowest BCUT2D eigenvalue weighted by Gasteiger charge is -2.17. The van der Waals surface area contributed by atoms with E-state index in [1.165, 1.54) is 16.7 Å². The largest absolute Gasteiger partial charge is 0.393 e. The highest BCUT2D eigenvalue weighted by Gasteiger charge is 2.27. The van der Waals surface area contributed by atoms with Crippen molar-refractivity contribution in [2.24, 2.45) is 0 Å². The quantitative estimate of drug-likeness (QED) is 0.760. The lowest BCUT2D eigenvalue weighted by molar-refractivity contribution is 0.139. The van der Waals surface area contributed by atoms with Gasteiger partial charge < -0.3 is 5.11 Å². The molecule has 0 amide bonds. The monoisotopic (exact) mass is 190 g/mol. The van der Waals surface area contributed by atoms with Gasteiger partial charge in [0, 0.05) is 5.92 Å². The summed E-state index contributed by atoms with van der Waals surface area (Å²) >= 11 is 0. The Morgan fingerprint density at radius 2 is 2.29 bits per heavy atom. The maximum absolute atomic E-state index is 9.90. The van der Waals surface area contributed by atoms with Crippen LogP contribution in [0.3, 0.4) is 0 Å². The Labute approximate surface area is 85.8 Å². The number of aryl methyl sites for hydroxylation is 2. The maximum Gasteiger partial charge on any atom is 0.0606 e. The van der Waals surface area contributed by atoms with Crippen LogP contribution in [0.4, 0.5) is 0 Å². The number of rotatable bonds is 2. The Morgan fingerprint density at radius 3 is 3.00 bits per heavy atom. The lowest BCUT2D eigenvalue weighted by Crippen LogP contribution is -2.14. The van der Waals surface area contributed by atoms with E-state index in [9.17, 15) is 5.11 Å². The van der Waals surface area contributed by atoms with Crippen LogP contribution in [-0.2, 0) is 6.42 Å². The van der Waals surface area contributed by atoms with Crippen LogP contribution in [0.5, 0.6) is 0 Å². The molecule has 2 atom stereocenters. The minimum absolute atomic E-state index is 0.155. The fourth-order valence-corrected chi connectivity index (χ4v) is 2.44. The third-order valence-electron chi connectivity index (χ3n) is 3.31. The van der Waals surface area contributed by atoms with Crippen molar-refractivity contribution in [3.05, 3.63) is 34.9 Å². The zero-order valence-electron chi connectivity index (χ0n) is 8.96. The first-order chi connectivity index (χ1) is 6.72. The Balaban J connectivity index is 2.33. The highest BCUT2D eigenvalue weighted by atomic mass is 16.3. The summed E-state index contributed by atoms with van der Waals surface area (Å²) in [6.45, 7) is 4.17. The zero-order chi connectivity index (χ0) is 10.1. The summed E-state index contributed by atoms with van der Waals surface area (Å²) in [5, 5.41) is 9.90. The second-order valence-corrected chi connectivity index (χ2v) is 4.32. The SMILES string of the molecule is CCC(O)C1CCc2ccc(C)cc21. The summed E-state index contributed by atoms with van der Waals surface area (Å²) < 4.78 is 0. The van der Waals surface area contributed by atoms with Gasteiger partial charge in [-0.1, -0.05) is 30.7 Å². The van der Waals surface area contributed by atoms with Gasteiger partial charge in [-0.15, -0.1) is 0 Å². The van der Waals surface area contributed by atoms with E-state index in [2.05, 4.69) is 32.0 Å². The van der Waals surface area contributed by atoms with Gasteiger partial charge in [0.2, 0.25) is 0 Å². The molecule has 0 saturated heterocycles. The van der Waals surface area contributed by atoms with Crippen molar-refractivity contribution in [3.63, 3.8) is 0 Å². The molecule has 2 rings (SSSR count). The molecule has 0 aliphatic heterocycles. The standard InChI is InChI=1S/C13H18O/c1-3-13(14)11-7-6-10-5-4-9(2)8-12(10)11/h4-5,8,11,13-14H,3,6-7H2,1-2H3. The number of fused-ring (bicyclic) bond motifs is 1. The lowest BCUT2D eigenvalue weighted by atomic mass is 9.93. The van der Waals surface area contributed by atoms with E-state index in [0.29, 0.717) is 5.92 Å². The van der Waals surface area contributed by atoms with Crippen LogP contribution in [0.25, 0.3) is 0 Å². The molecule has 1 aromatic rings. The van der Waals surface area contributed by atoms with Crippen LogP contribution in [0.1, 0.15) is 42.4 Å². The van der Waals surface area contributed by atoms with E-state index in [4.69, 9.17) is 0 Å². The van der Waals surface area contributed by atoms with Crippen molar-refractivity contribution in [1.82, 2.24) is 0 Å². The predicted octanol–water partition coefficient (Wildman–Crippen LogP) is 2.80. The van der Waals surface area contributed by atoms with Gasteiger partial charge in [0.25, 0.3) is 0 Å². The minimum Gasteiger partial charge on any atom is -0.393 e. The number of aliphatic hydroxyl groups excluding tert-OH is 1. The van der Waals surface area contributed by atoms with Crippen LogP contribution in [0.15, 0.2) is 18.2 Å². The van der Waals surface area contributed by atoms with Crippen molar-refractivity contribution in [1.29, 1.82) is 0 Å². The average molecular weight is 190 g/mol. The highest BCUT2D eigenvalue weighted by Crippen LogP contribution is 2.36. The molecule has 0 aromatic heterocycles. The average Bonchev–Trinajstić information content (AvgIpc) is 2.59. The molecule has 1 heteroatoms. The molecule has 2 unspecified atom stereocenters. The molecular weight excluding hydrogens is 172 g/mol. The summed E-state index contributed by atoms with van der Waals surface area (Å²) in [4.78, 5) is 0. The molecule has 0 radical (unpaired) electrons. The van der Waals surface area contributed by atoms with Gasteiger partial charge in [-0.25, -0.2) is 0 Å². The van der Waals surface area contributed by atoms with Crippen LogP contribution < -0.4 is 0 Å². The Bertz CT molecular complexity index is 330. The third kappa shape index (κ3) is 1.57. The van der Waals surface area contributed by atoms with E-state index in [1.807, 2.05) is 0 Å². The van der Waals surface area contributed by atoms with Gasteiger partial charge in [-0.05, 0) is 37.3 Å². The fourth-order valence-electron chi connectivity index (χ4n) is 2.44. The van der Waals surface area contributed by atoms with Crippen LogP contribution >= 0.6 is 0 Å². The van der Waals surface area contributed by atoms with Gasteiger partial charge in [0.1, 0.15) is 0 Å².